The Bertz CT molecular complexity index is 1230. The predicted molar refractivity (Wildman–Crippen MR) is 139 cm³/mol. The summed E-state index contributed by atoms with van der Waals surface area (Å²) in [5.74, 6) is 0.0467. The van der Waals surface area contributed by atoms with E-state index < -0.39 is 0 Å². The maximum Gasteiger partial charge on any atom is 0.267 e. The van der Waals surface area contributed by atoms with E-state index in [9.17, 15) is 4.79 Å². The molecule has 168 valence electrons. The molecule has 1 aromatic heterocycles. The lowest BCUT2D eigenvalue weighted by Crippen LogP contribution is -2.40. The van der Waals surface area contributed by atoms with E-state index in [1.165, 1.54) is 29.5 Å². The zero-order valence-electron chi connectivity index (χ0n) is 18.5. The molecule has 0 spiro atoms. The number of thioether (sulfide) groups is 1. The number of nitrogen functional groups attached to an aromatic ring is 1. The Kier molecular flexibility index (Phi) is 6.33. The Labute approximate surface area is 202 Å². The van der Waals surface area contributed by atoms with Crippen molar-refractivity contribution < 1.29 is 4.79 Å². The third kappa shape index (κ3) is 4.61. The Hall–Kier alpha value is -2.90. The van der Waals surface area contributed by atoms with E-state index in [0.29, 0.717) is 10.8 Å². The van der Waals surface area contributed by atoms with Crippen LogP contribution in [0.5, 0.6) is 0 Å². The third-order valence-electron chi connectivity index (χ3n) is 6.17. The van der Waals surface area contributed by atoms with Crippen LogP contribution in [0.3, 0.4) is 0 Å². The van der Waals surface area contributed by atoms with Crippen molar-refractivity contribution in [3.05, 3.63) is 70.4 Å². The van der Waals surface area contributed by atoms with Gasteiger partial charge in [-0.1, -0.05) is 61.7 Å². The van der Waals surface area contributed by atoms with Gasteiger partial charge in [0.2, 0.25) is 5.13 Å². The van der Waals surface area contributed by atoms with Gasteiger partial charge < -0.3 is 5.73 Å². The highest BCUT2D eigenvalue weighted by Crippen LogP contribution is 2.41. The normalized spacial score (nSPS) is 20.0. The molecule has 2 aromatic carbocycles. The quantitative estimate of drug-likeness (QED) is 0.337. The molecule has 7 heteroatoms. The topological polar surface area (TPSA) is 71.6 Å². The molecule has 5 nitrogen and oxygen atoms in total. The van der Waals surface area contributed by atoms with Crippen molar-refractivity contribution >= 4 is 50.6 Å². The molecule has 1 aliphatic heterocycles. The summed E-state index contributed by atoms with van der Waals surface area (Å²) in [5.41, 5.74) is 10.6. The molecular formula is C26H26N4OS2. The lowest BCUT2D eigenvalue weighted by atomic mass is 9.94. The van der Waals surface area contributed by atoms with E-state index in [-0.39, 0.29) is 11.9 Å². The molecule has 1 amide bonds. The molecule has 3 aromatic rings. The van der Waals surface area contributed by atoms with E-state index in [4.69, 9.17) is 15.7 Å². The predicted octanol–water partition coefficient (Wildman–Crippen LogP) is 6.72. The van der Waals surface area contributed by atoms with Crippen LogP contribution in [0.4, 0.5) is 10.8 Å². The first kappa shape index (κ1) is 21.9. The molecule has 0 unspecified atom stereocenters. The van der Waals surface area contributed by atoms with Gasteiger partial charge in [-0.05, 0) is 54.8 Å². The second-order valence-corrected chi connectivity index (χ2v) is 10.2. The van der Waals surface area contributed by atoms with Gasteiger partial charge in [0, 0.05) is 22.7 Å². The molecule has 0 atom stereocenters. The minimum atomic E-state index is 0.0467. The van der Waals surface area contributed by atoms with Crippen LogP contribution in [0, 0.1) is 0 Å². The highest BCUT2D eigenvalue weighted by atomic mass is 32.2. The summed E-state index contributed by atoms with van der Waals surface area (Å²) in [6, 6.07) is 18.0. The first-order chi connectivity index (χ1) is 16.1. The summed E-state index contributed by atoms with van der Waals surface area (Å²) in [6.45, 7) is 1.99. The number of amidine groups is 1. The highest BCUT2D eigenvalue weighted by molar-refractivity contribution is 8.18. The number of thiazole rings is 1. The summed E-state index contributed by atoms with van der Waals surface area (Å²) in [5, 5.41) is 3.43. The molecule has 1 saturated heterocycles. The van der Waals surface area contributed by atoms with Crippen molar-refractivity contribution in [1.82, 2.24) is 9.88 Å². The van der Waals surface area contributed by atoms with Crippen molar-refractivity contribution in [2.24, 2.45) is 4.99 Å². The molecule has 2 heterocycles. The van der Waals surface area contributed by atoms with Crippen molar-refractivity contribution in [3.63, 3.8) is 0 Å². The third-order valence-corrected chi connectivity index (χ3v) is 8.06. The molecule has 0 radical (unpaired) electrons. The van der Waals surface area contributed by atoms with E-state index in [1.807, 2.05) is 71.8 Å². The van der Waals surface area contributed by atoms with Crippen LogP contribution in [0.2, 0.25) is 0 Å². The van der Waals surface area contributed by atoms with Gasteiger partial charge in [0.15, 0.2) is 5.17 Å². The average Bonchev–Trinajstić information content (AvgIpc) is 3.44. The zero-order chi connectivity index (χ0) is 22.8. The fourth-order valence-electron chi connectivity index (χ4n) is 4.40. The van der Waals surface area contributed by atoms with Gasteiger partial charge in [-0.2, -0.15) is 4.99 Å². The van der Waals surface area contributed by atoms with Crippen LogP contribution in [-0.2, 0) is 4.79 Å². The minimum Gasteiger partial charge on any atom is -0.399 e. The molecule has 1 aliphatic carbocycles. The first-order valence-corrected chi connectivity index (χ1v) is 13.0. The van der Waals surface area contributed by atoms with Gasteiger partial charge in [-0.3, -0.25) is 9.69 Å². The van der Waals surface area contributed by atoms with Crippen molar-refractivity contribution in [1.29, 1.82) is 0 Å². The molecule has 1 saturated carbocycles. The Morgan fingerprint density at radius 3 is 2.64 bits per heavy atom. The largest absolute Gasteiger partial charge is 0.399 e. The summed E-state index contributed by atoms with van der Waals surface area (Å²) < 4.78 is 0. The minimum absolute atomic E-state index is 0.0467. The van der Waals surface area contributed by atoms with Gasteiger partial charge >= 0.3 is 0 Å². The lowest BCUT2D eigenvalue weighted by molar-refractivity contribution is -0.124. The van der Waals surface area contributed by atoms with E-state index in [0.717, 1.165) is 58.2 Å². The highest BCUT2D eigenvalue weighted by Gasteiger charge is 2.40. The van der Waals surface area contributed by atoms with Crippen molar-refractivity contribution in [2.45, 2.75) is 45.1 Å². The molecule has 0 bridgehead atoms. The monoisotopic (exact) mass is 474 g/mol. The average molecular weight is 475 g/mol. The van der Waals surface area contributed by atoms with Gasteiger partial charge in [0.05, 0.1) is 10.6 Å². The summed E-state index contributed by atoms with van der Waals surface area (Å²) in [4.78, 5) is 25.9. The number of hydrogen-bond acceptors (Lipinski definition) is 6. The molecule has 2 N–H and O–H groups in total. The van der Waals surface area contributed by atoms with E-state index in [2.05, 4.69) is 0 Å². The van der Waals surface area contributed by atoms with Crippen LogP contribution in [0.15, 0.2) is 69.9 Å². The lowest BCUT2D eigenvalue weighted by Gasteiger charge is -2.30. The SMILES string of the molecule is C/C(=C1/S/C(=N/c2nc(-c3ccccc3)cs2)N(C2CCCCC2)C1=O)c1cccc(N)c1. The molecule has 2 aliphatic rings. The Balaban J connectivity index is 1.52. The maximum atomic E-state index is 13.6. The van der Waals surface area contributed by atoms with E-state index >= 15 is 0 Å². The van der Waals surface area contributed by atoms with E-state index in [1.54, 1.807) is 0 Å². The number of hydrogen-bond donors (Lipinski definition) is 1. The summed E-state index contributed by atoms with van der Waals surface area (Å²) in [7, 11) is 0. The van der Waals surface area contributed by atoms with Crippen LogP contribution in [0.1, 0.15) is 44.6 Å². The number of anilines is 1. The number of carbonyl (C=O) groups excluding carboxylic acids is 1. The number of allylic oxidation sites excluding steroid dienone is 1. The van der Waals surface area contributed by atoms with Crippen LogP contribution in [-0.4, -0.2) is 27.0 Å². The van der Waals surface area contributed by atoms with Crippen molar-refractivity contribution in [2.75, 3.05) is 5.73 Å². The Morgan fingerprint density at radius 2 is 1.88 bits per heavy atom. The number of nitrogens with zero attached hydrogens (tertiary/aromatic N) is 3. The number of benzene rings is 2. The van der Waals surface area contributed by atoms with Crippen molar-refractivity contribution in [3.8, 4) is 11.3 Å². The zero-order valence-corrected chi connectivity index (χ0v) is 20.2. The smallest absolute Gasteiger partial charge is 0.267 e. The van der Waals surface area contributed by atoms with Crippen LogP contribution >= 0.6 is 23.1 Å². The number of aromatic nitrogens is 1. The van der Waals surface area contributed by atoms with Gasteiger partial charge in [0.25, 0.3) is 5.91 Å². The first-order valence-electron chi connectivity index (χ1n) is 11.3. The number of amides is 1. The fourth-order valence-corrected chi connectivity index (χ4v) is 6.25. The van der Waals surface area contributed by atoms with Gasteiger partial charge in [-0.15, -0.1) is 11.3 Å². The fraction of sp³-hybridized carbons (Fsp3) is 0.269. The van der Waals surface area contributed by atoms with Crippen LogP contribution in [0.25, 0.3) is 16.8 Å². The second-order valence-electron chi connectivity index (χ2n) is 8.42. The number of carbonyl (C=O) groups is 1. The Morgan fingerprint density at radius 1 is 1.09 bits per heavy atom. The molecule has 5 rings (SSSR count). The number of nitrogens with two attached hydrogens (primary N) is 1. The van der Waals surface area contributed by atoms with Gasteiger partial charge in [-0.25, -0.2) is 4.98 Å². The van der Waals surface area contributed by atoms with Gasteiger partial charge in [0.1, 0.15) is 0 Å². The second kappa shape index (κ2) is 9.53. The number of aliphatic imine (C=N–C) groups is 1. The molecule has 33 heavy (non-hydrogen) atoms. The van der Waals surface area contributed by atoms with Crippen LogP contribution < -0.4 is 5.73 Å². The standard InChI is InChI=1S/C26H26N4OS2/c1-17(19-11-8-12-20(27)15-19)23-24(31)30(21-13-6-3-7-14-21)26(33-23)29-25-28-22(16-32-25)18-9-4-2-5-10-18/h2,4-5,8-12,15-16,21H,3,6-7,13-14,27H2,1H3/b23-17-,29-26+. The summed E-state index contributed by atoms with van der Waals surface area (Å²) >= 11 is 2.97. The number of rotatable bonds is 4. The molecule has 2 fully saturated rings. The molecular weight excluding hydrogens is 448 g/mol. The maximum absolute atomic E-state index is 13.6. The summed E-state index contributed by atoms with van der Waals surface area (Å²) in [6.07, 6.45) is 5.56.